The van der Waals surface area contributed by atoms with E-state index >= 15 is 0 Å². The zero-order valence-corrected chi connectivity index (χ0v) is 12.3. The van der Waals surface area contributed by atoms with Gasteiger partial charge in [0.1, 0.15) is 5.76 Å². The molecule has 6 rings (SSSR count). The normalized spacial score (nSPS) is 45.0. The Hall–Kier alpha value is -0.830. The fraction of sp³-hybridized carbons (Fsp3) is 0.824. The zero-order valence-electron chi connectivity index (χ0n) is 12.3. The lowest BCUT2D eigenvalue weighted by molar-refractivity contribution is -0.00547. The maximum atomic E-state index is 5.71. The van der Waals surface area contributed by atoms with Crippen LogP contribution in [0.25, 0.3) is 0 Å². The van der Waals surface area contributed by atoms with E-state index in [1.807, 2.05) is 0 Å². The first kappa shape index (κ1) is 11.8. The number of nitrogens with zero attached hydrogens (tertiary/aromatic N) is 1. The van der Waals surface area contributed by atoms with Crippen molar-refractivity contribution in [1.29, 1.82) is 0 Å². The topological polar surface area (TPSA) is 38.1 Å². The second kappa shape index (κ2) is 4.09. The van der Waals surface area contributed by atoms with Crippen molar-refractivity contribution in [3.8, 4) is 0 Å². The second-order valence-electron chi connectivity index (χ2n) is 7.74. The van der Waals surface area contributed by atoms with E-state index in [-0.39, 0.29) is 0 Å². The van der Waals surface area contributed by atoms with Crippen LogP contribution in [0.15, 0.2) is 4.52 Å². The minimum atomic E-state index is 0.489. The molecule has 1 heterocycles. The summed E-state index contributed by atoms with van der Waals surface area (Å²) >= 11 is 0. The molecule has 3 nitrogen and oxygen atoms in total. The Morgan fingerprint density at radius 3 is 2.40 bits per heavy atom. The highest BCUT2D eigenvalue weighted by Gasteiger charge is 2.51. The first-order valence-corrected chi connectivity index (χ1v) is 8.49. The van der Waals surface area contributed by atoms with Crippen molar-refractivity contribution in [2.24, 2.45) is 23.7 Å². The van der Waals surface area contributed by atoms with E-state index in [2.05, 4.69) is 17.5 Å². The Kier molecular flexibility index (Phi) is 2.41. The fourth-order valence-corrected chi connectivity index (χ4v) is 6.22. The van der Waals surface area contributed by atoms with Crippen molar-refractivity contribution in [1.82, 2.24) is 10.5 Å². The SMILES string of the molecule is CNC1CCc2onc(C3C4CC5CC(C4)CC3C5)c21. The Bertz CT molecular complexity index is 507. The van der Waals surface area contributed by atoms with Crippen LogP contribution in [0.3, 0.4) is 0 Å². The third kappa shape index (κ3) is 1.47. The van der Waals surface area contributed by atoms with Crippen LogP contribution in [0.5, 0.6) is 0 Å². The summed E-state index contributed by atoms with van der Waals surface area (Å²) in [6.45, 7) is 0. The number of rotatable bonds is 2. The third-order valence-electron chi connectivity index (χ3n) is 6.73. The van der Waals surface area contributed by atoms with Gasteiger partial charge in [-0.15, -0.1) is 0 Å². The fourth-order valence-electron chi connectivity index (χ4n) is 6.22. The Labute approximate surface area is 120 Å². The van der Waals surface area contributed by atoms with Gasteiger partial charge in [0, 0.05) is 23.9 Å². The van der Waals surface area contributed by atoms with Gasteiger partial charge in [-0.3, -0.25) is 0 Å². The summed E-state index contributed by atoms with van der Waals surface area (Å²) in [5.41, 5.74) is 2.80. The van der Waals surface area contributed by atoms with Gasteiger partial charge in [-0.05, 0) is 69.2 Å². The molecule has 108 valence electrons. The van der Waals surface area contributed by atoms with Gasteiger partial charge in [-0.2, -0.15) is 0 Å². The molecule has 0 aromatic carbocycles. The smallest absolute Gasteiger partial charge is 0.141 e. The number of fused-ring (bicyclic) bond motifs is 1. The van der Waals surface area contributed by atoms with Gasteiger partial charge in [0.2, 0.25) is 0 Å². The average molecular weight is 272 g/mol. The molecule has 0 saturated heterocycles. The summed E-state index contributed by atoms with van der Waals surface area (Å²) in [4.78, 5) is 0. The molecule has 1 unspecified atom stereocenters. The Morgan fingerprint density at radius 1 is 1.05 bits per heavy atom. The number of hydrogen-bond donors (Lipinski definition) is 1. The van der Waals surface area contributed by atoms with Gasteiger partial charge in [0.15, 0.2) is 0 Å². The number of hydrogen-bond acceptors (Lipinski definition) is 3. The Morgan fingerprint density at radius 2 is 1.75 bits per heavy atom. The third-order valence-corrected chi connectivity index (χ3v) is 6.73. The lowest BCUT2D eigenvalue weighted by atomic mass is 9.51. The molecule has 0 radical (unpaired) electrons. The van der Waals surface area contributed by atoms with Crippen LogP contribution in [-0.4, -0.2) is 12.2 Å². The molecule has 0 amide bonds. The van der Waals surface area contributed by atoms with E-state index in [4.69, 9.17) is 4.52 Å². The zero-order chi connectivity index (χ0) is 13.3. The lowest BCUT2D eigenvalue weighted by Gasteiger charge is -2.54. The van der Waals surface area contributed by atoms with Crippen molar-refractivity contribution in [2.75, 3.05) is 7.05 Å². The standard InChI is InChI=1S/C17H24N2O/c1-18-13-2-3-14-16(13)17(19-20-14)15-11-5-9-4-10(7-11)8-12(15)6-9/h9-13,15,18H,2-8H2,1H3. The molecule has 4 fully saturated rings. The number of nitrogens with one attached hydrogen (secondary N) is 1. The minimum absolute atomic E-state index is 0.489. The van der Waals surface area contributed by atoms with Crippen LogP contribution in [-0.2, 0) is 6.42 Å². The molecule has 5 aliphatic rings. The molecule has 1 aromatic rings. The maximum Gasteiger partial charge on any atom is 0.141 e. The van der Waals surface area contributed by atoms with Crippen LogP contribution in [0.1, 0.15) is 67.5 Å². The van der Waals surface area contributed by atoms with Crippen LogP contribution < -0.4 is 5.32 Å². The molecule has 5 aliphatic carbocycles. The molecule has 3 heteroatoms. The van der Waals surface area contributed by atoms with Crippen LogP contribution in [0.2, 0.25) is 0 Å². The largest absolute Gasteiger partial charge is 0.361 e. The summed E-state index contributed by atoms with van der Waals surface area (Å²) in [5.74, 6) is 5.76. The molecular formula is C17H24N2O. The van der Waals surface area contributed by atoms with Crippen LogP contribution >= 0.6 is 0 Å². The summed E-state index contributed by atoms with van der Waals surface area (Å²) in [5, 5.41) is 8.04. The van der Waals surface area contributed by atoms with Gasteiger partial charge < -0.3 is 9.84 Å². The Balaban J connectivity index is 1.55. The average Bonchev–Trinajstić information content (AvgIpc) is 3.00. The van der Waals surface area contributed by atoms with Gasteiger partial charge in [-0.25, -0.2) is 0 Å². The number of aromatic nitrogens is 1. The summed E-state index contributed by atoms with van der Waals surface area (Å²) in [6, 6.07) is 0.489. The van der Waals surface area contributed by atoms with Crippen LogP contribution in [0.4, 0.5) is 0 Å². The molecule has 0 spiro atoms. The molecule has 0 aliphatic heterocycles. The van der Waals surface area contributed by atoms with Gasteiger partial charge in [0.05, 0.1) is 5.69 Å². The highest BCUT2D eigenvalue weighted by atomic mass is 16.5. The molecule has 1 atom stereocenters. The molecular weight excluding hydrogens is 248 g/mol. The summed E-state index contributed by atoms with van der Waals surface area (Å²) in [7, 11) is 2.08. The van der Waals surface area contributed by atoms with Gasteiger partial charge in [0.25, 0.3) is 0 Å². The summed E-state index contributed by atoms with van der Waals surface area (Å²) < 4.78 is 5.71. The van der Waals surface area contributed by atoms with Crippen LogP contribution in [0, 0.1) is 23.7 Å². The monoisotopic (exact) mass is 272 g/mol. The maximum absolute atomic E-state index is 5.71. The second-order valence-corrected chi connectivity index (χ2v) is 7.74. The van der Waals surface area contributed by atoms with E-state index in [0.29, 0.717) is 12.0 Å². The molecule has 20 heavy (non-hydrogen) atoms. The predicted molar refractivity (Wildman–Crippen MR) is 76.4 cm³/mol. The number of aryl methyl sites for hydroxylation is 1. The molecule has 4 saturated carbocycles. The quantitative estimate of drug-likeness (QED) is 0.896. The van der Waals surface area contributed by atoms with Crippen molar-refractivity contribution >= 4 is 0 Å². The van der Waals surface area contributed by atoms with E-state index in [1.165, 1.54) is 55.5 Å². The molecule has 1 N–H and O–H groups in total. The lowest BCUT2D eigenvalue weighted by Crippen LogP contribution is -2.44. The van der Waals surface area contributed by atoms with E-state index in [9.17, 15) is 0 Å². The minimum Gasteiger partial charge on any atom is -0.361 e. The van der Waals surface area contributed by atoms with Crippen molar-refractivity contribution in [3.63, 3.8) is 0 Å². The van der Waals surface area contributed by atoms with Crippen molar-refractivity contribution in [3.05, 3.63) is 17.0 Å². The first-order valence-electron chi connectivity index (χ1n) is 8.49. The van der Waals surface area contributed by atoms with Crippen molar-refractivity contribution in [2.45, 2.75) is 56.9 Å². The van der Waals surface area contributed by atoms with Gasteiger partial charge in [-0.1, -0.05) is 5.16 Å². The van der Waals surface area contributed by atoms with E-state index in [0.717, 1.165) is 30.1 Å². The predicted octanol–water partition coefficient (Wildman–Crippen LogP) is 3.42. The van der Waals surface area contributed by atoms with E-state index in [1.54, 1.807) is 0 Å². The highest BCUT2D eigenvalue weighted by Crippen LogP contribution is 2.60. The van der Waals surface area contributed by atoms with E-state index < -0.39 is 0 Å². The first-order chi connectivity index (χ1) is 9.83. The van der Waals surface area contributed by atoms with Crippen molar-refractivity contribution < 1.29 is 4.52 Å². The summed E-state index contributed by atoms with van der Waals surface area (Å²) in [6.07, 6.45) is 9.63. The highest BCUT2D eigenvalue weighted by molar-refractivity contribution is 5.35. The molecule has 4 bridgehead atoms. The molecule has 1 aromatic heterocycles. The van der Waals surface area contributed by atoms with Gasteiger partial charge >= 0.3 is 0 Å².